The molecule has 0 bridgehead atoms. The SMILES string of the molecule is Cc1ccc(NC(=O)[C@@H](C)Nc2nc(Nc3ccccc3)nc(Nc3ccccc3)n2)c(C)c1. The second-order valence-electron chi connectivity index (χ2n) is 7.96. The summed E-state index contributed by atoms with van der Waals surface area (Å²) in [7, 11) is 0. The number of aryl methyl sites for hydroxylation is 2. The number of hydrogen-bond acceptors (Lipinski definition) is 7. The number of amides is 1. The van der Waals surface area contributed by atoms with Gasteiger partial charge >= 0.3 is 0 Å². The molecule has 0 aliphatic heterocycles. The van der Waals surface area contributed by atoms with E-state index in [-0.39, 0.29) is 11.9 Å². The van der Waals surface area contributed by atoms with Crippen LogP contribution in [0, 0.1) is 13.8 Å². The van der Waals surface area contributed by atoms with Gasteiger partial charge in [-0.3, -0.25) is 4.79 Å². The van der Waals surface area contributed by atoms with Gasteiger partial charge in [0.2, 0.25) is 23.8 Å². The fourth-order valence-corrected chi connectivity index (χ4v) is 3.31. The first-order valence-corrected chi connectivity index (χ1v) is 11.0. The lowest BCUT2D eigenvalue weighted by molar-refractivity contribution is -0.116. The lowest BCUT2D eigenvalue weighted by Gasteiger charge is -2.17. The third kappa shape index (κ3) is 6.07. The largest absolute Gasteiger partial charge is 0.342 e. The number of para-hydroxylation sites is 2. The van der Waals surface area contributed by atoms with Crippen molar-refractivity contribution in [3.05, 3.63) is 90.0 Å². The van der Waals surface area contributed by atoms with E-state index in [9.17, 15) is 4.79 Å². The molecule has 0 aliphatic rings. The molecule has 0 fully saturated rings. The molecule has 1 heterocycles. The van der Waals surface area contributed by atoms with Crippen molar-refractivity contribution in [2.24, 2.45) is 0 Å². The minimum atomic E-state index is -0.586. The number of anilines is 6. The first-order chi connectivity index (χ1) is 16.5. The number of hydrogen-bond donors (Lipinski definition) is 4. The molecule has 0 radical (unpaired) electrons. The number of carbonyl (C=O) groups is 1. The molecule has 1 amide bonds. The number of nitrogens with zero attached hydrogens (tertiary/aromatic N) is 3. The van der Waals surface area contributed by atoms with Gasteiger partial charge in [0.05, 0.1) is 0 Å². The summed E-state index contributed by atoms with van der Waals surface area (Å²) in [5.41, 5.74) is 4.60. The summed E-state index contributed by atoms with van der Waals surface area (Å²) in [5.74, 6) is 0.783. The van der Waals surface area contributed by atoms with Gasteiger partial charge < -0.3 is 21.3 Å². The zero-order valence-corrected chi connectivity index (χ0v) is 19.3. The van der Waals surface area contributed by atoms with Crippen LogP contribution < -0.4 is 21.3 Å². The Bertz CT molecular complexity index is 1200. The Balaban J connectivity index is 1.54. The van der Waals surface area contributed by atoms with Crippen LogP contribution in [0.3, 0.4) is 0 Å². The number of aromatic nitrogens is 3. The summed E-state index contributed by atoms with van der Waals surface area (Å²) >= 11 is 0. The van der Waals surface area contributed by atoms with Crippen molar-refractivity contribution in [1.29, 1.82) is 0 Å². The van der Waals surface area contributed by atoms with Gasteiger partial charge in [-0.05, 0) is 56.7 Å². The maximum Gasteiger partial charge on any atom is 0.246 e. The Morgan fingerprint density at radius 3 is 1.79 bits per heavy atom. The summed E-state index contributed by atoms with van der Waals surface area (Å²) in [6, 6.07) is 24.5. The Morgan fingerprint density at radius 1 is 0.735 bits per heavy atom. The zero-order valence-electron chi connectivity index (χ0n) is 19.3. The average Bonchev–Trinajstić information content (AvgIpc) is 2.82. The van der Waals surface area contributed by atoms with E-state index < -0.39 is 6.04 Å². The Morgan fingerprint density at radius 2 is 1.26 bits per heavy atom. The quantitative estimate of drug-likeness (QED) is 0.283. The van der Waals surface area contributed by atoms with Crippen molar-refractivity contribution in [3.63, 3.8) is 0 Å². The van der Waals surface area contributed by atoms with Crippen molar-refractivity contribution in [1.82, 2.24) is 15.0 Å². The van der Waals surface area contributed by atoms with E-state index in [1.807, 2.05) is 92.7 Å². The highest BCUT2D eigenvalue weighted by Gasteiger charge is 2.17. The van der Waals surface area contributed by atoms with Gasteiger partial charge in [-0.25, -0.2) is 0 Å². The van der Waals surface area contributed by atoms with E-state index in [1.165, 1.54) is 0 Å². The predicted molar refractivity (Wildman–Crippen MR) is 137 cm³/mol. The molecule has 34 heavy (non-hydrogen) atoms. The van der Waals surface area contributed by atoms with Crippen molar-refractivity contribution < 1.29 is 4.79 Å². The van der Waals surface area contributed by atoms with Crippen LogP contribution in [0.4, 0.5) is 34.9 Å². The van der Waals surface area contributed by atoms with E-state index in [4.69, 9.17) is 0 Å². The highest BCUT2D eigenvalue weighted by Crippen LogP contribution is 2.20. The van der Waals surface area contributed by atoms with Gasteiger partial charge in [0.15, 0.2) is 0 Å². The lowest BCUT2D eigenvalue weighted by Crippen LogP contribution is -2.33. The molecule has 4 aromatic rings. The fourth-order valence-electron chi connectivity index (χ4n) is 3.31. The van der Waals surface area contributed by atoms with Crippen molar-refractivity contribution in [3.8, 4) is 0 Å². The molecule has 172 valence electrons. The minimum absolute atomic E-state index is 0.192. The van der Waals surface area contributed by atoms with Crippen LogP contribution in [0.15, 0.2) is 78.9 Å². The number of benzene rings is 3. The summed E-state index contributed by atoms with van der Waals surface area (Å²) in [4.78, 5) is 26.2. The second-order valence-corrected chi connectivity index (χ2v) is 7.96. The fraction of sp³-hybridized carbons (Fsp3) is 0.154. The maximum absolute atomic E-state index is 12.8. The maximum atomic E-state index is 12.8. The second kappa shape index (κ2) is 10.4. The third-order valence-corrected chi connectivity index (χ3v) is 5.07. The first kappa shape index (κ1) is 22.7. The molecule has 0 spiro atoms. The van der Waals surface area contributed by atoms with E-state index >= 15 is 0 Å². The van der Waals surface area contributed by atoms with Gasteiger partial charge in [-0.15, -0.1) is 0 Å². The Labute approximate surface area is 198 Å². The third-order valence-electron chi connectivity index (χ3n) is 5.07. The Kier molecular flexibility index (Phi) is 6.98. The molecule has 0 saturated carbocycles. The molecular formula is C26H27N7O. The molecule has 8 heteroatoms. The number of carbonyl (C=O) groups excluding carboxylic acids is 1. The number of nitrogens with one attached hydrogen (secondary N) is 4. The van der Waals surface area contributed by atoms with E-state index in [0.29, 0.717) is 11.9 Å². The summed E-state index contributed by atoms with van der Waals surface area (Å²) in [5, 5.41) is 12.4. The van der Waals surface area contributed by atoms with Crippen LogP contribution >= 0.6 is 0 Å². The van der Waals surface area contributed by atoms with Crippen molar-refractivity contribution >= 4 is 40.8 Å². The van der Waals surface area contributed by atoms with Crippen LogP contribution in [0.25, 0.3) is 0 Å². The van der Waals surface area contributed by atoms with Crippen LogP contribution in [-0.2, 0) is 4.79 Å². The number of rotatable bonds is 8. The molecule has 4 N–H and O–H groups in total. The van der Waals surface area contributed by atoms with E-state index in [0.717, 1.165) is 28.2 Å². The van der Waals surface area contributed by atoms with Gasteiger partial charge in [0.1, 0.15) is 6.04 Å². The highest BCUT2D eigenvalue weighted by atomic mass is 16.2. The van der Waals surface area contributed by atoms with Crippen molar-refractivity contribution in [2.75, 3.05) is 21.3 Å². The standard InChI is InChI=1S/C26H27N7O/c1-17-14-15-22(18(2)16-17)30-23(34)19(3)27-24-31-25(28-20-10-6-4-7-11-20)33-26(32-24)29-21-12-8-5-9-13-21/h4-16,19H,1-3H3,(H,30,34)(H3,27,28,29,31,32,33)/t19-/m1/s1. The smallest absolute Gasteiger partial charge is 0.246 e. The lowest BCUT2D eigenvalue weighted by atomic mass is 10.1. The normalized spacial score (nSPS) is 11.4. The molecule has 0 aliphatic carbocycles. The molecule has 1 atom stereocenters. The van der Waals surface area contributed by atoms with Crippen molar-refractivity contribution in [2.45, 2.75) is 26.8 Å². The first-order valence-electron chi connectivity index (χ1n) is 11.0. The summed E-state index contributed by atoms with van der Waals surface area (Å²) in [6.07, 6.45) is 0. The van der Waals surface area contributed by atoms with Gasteiger partial charge in [0, 0.05) is 17.1 Å². The summed E-state index contributed by atoms with van der Waals surface area (Å²) < 4.78 is 0. The molecule has 0 unspecified atom stereocenters. The van der Waals surface area contributed by atoms with E-state index in [1.54, 1.807) is 6.92 Å². The van der Waals surface area contributed by atoms with Crippen LogP contribution in [0.1, 0.15) is 18.1 Å². The monoisotopic (exact) mass is 453 g/mol. The Hall–Kier alpha value is -4.46. The highest BCUT2D eigenvalue weighted by molar-refractivity contribution is 5.96. The van der Waals surface area contributed by atoms with Crippen LogP contribution in [0.2, 0.25) is 0 Å². The molecule has 1 aromatic heterocycles. The molecule has 8 nitrogen and oxygen atoms in total. The topological polar surface area (TPSA) is 104 Å². The average molecular weight is 454 g/mol. The zero-order chi connectivity index (χ0) is 23.9. The van der Waals surface area contributed by atoms with Crippen LogP contribution in [-0.4, -0.2) is 26.9 Å². The molecule has 0 saturated heterocycles. The molecular weight excluding hydrogens is 426 g/mol. The van der Waals surface area contributed by atoms with Gasteiger partial charge in [-0.2, -0.15) is 15.0 Å². The van der Waals surface area contributed by atoms with Crippen LogP contribution in [0.5, 0.6) is 0 Å². The van der Waals surface area contributed by atoms with E-state index in [2.05, 4.69) is 36.2 Å². The predicted octanol–water partition coefficient (Wildman–Crippen LogP) is 5.41. The van der Waals surface area contributed by atoms with Gasteiger partial charge in [0.25, 0.3) is 0 Å². The summed E-state index contributed by atoms with van der Waals surface area (Å²) in [6.45, 7) is 5.75. The van der Waals surface area contributed by atoms with Gasteiger partial charge in [-0.1, -0.05) is 54.1 Å². The minimum Gasteiger partial charge on any atom is -0.342 e. The molecule has 4 rings (SSSR count). The molecule has 3 aromatic carbocycles.